The number of carbonyl (C=O) groups is 1. The molecule has 0 N–H and O–H groups in total. The van der Waals surface area contributed by atoms with E-state index in [4.69, 9.17) is 25.8 Å². The highest BCUT2D eigenvalue weighted by Crippen LogP contribution is 2.24. The van der Waals surface area contributed by atoms with Crippen LogP contribution in [0.25, 0.3) is 0 Å². The largest absolute Gasteiger partial charge is 0.490 e. The summed E-state index contributed by atoms with van der Waals surface area (Å²) >= 11 is 5.93. The number of halogens is 1. The van der Waals surface area contributed by atoms with Crippen LogP contribution in [-0.2, 0) is 9.47 Å². The molecule has 5 heteroatoms. The highest BCUT2D eigenvalue weighted by Gasteiger charge is 2.02. The van der Waals surface area contributed by atoms with Gasteiger partial charge in [-0.1, -0.05) is 11.6 Å². The summed E-state index contributed by atoms with van der Waals surface area (Å²) in [6, 6.07) is 4.89. The molecule has 0 aromatic heterocycles. The molecule has 0 spiro atoms. The second-order valence-corrected chi connectivity index (χ2v) is 3.67. The maximum absolute atomic E-state index is 10.5. The third-order valence-electron chi connectivity index (χ3n) is 2.01. The summed E-state index contributed by atoms with van der Waals surface area (Å²) in [7, 11) is 1.62. The Morgan fingerprint density at radius 2 is 2.00 bits per heavy atom. The number of aldehydes is 1. The third-order valence-corrected chi connectivity index (χ3v) is 2.30. The monoisotopic (exact) mass is 258 g/mol. The Hall–Kier alpha value is -1.10. The van der Waals surface area contributed by atoms with Crippen LogP contribution in [0.1, 0.15) is 10.4 Å². The molecule has 0 saturated carbocycles. The lowest BCUT2D eigenvalue weighted by Crippen LogP contribution is -2.10. The minimum absolute atomic E-state index is 0.407. The molecule has 0 fully saturated rings. The van der Waals surface area contributed by atoms with Gasteiger partial charge in [0.15, 0.2) is 0 Å². The van der Waals surface area contributed by atoms with Crippen molar-refractivity contribution in [2.45, 2.75) is 0 Å². The van der Waals surface area contributed by atoms with E-state index in [-0.39, 0.29) is 0 Å². The van der Waals surface area contributed by atoms with Gasteiger partial charge < -0.3 is 14.2 Å². The van der Waals surface area contributed by atoms with Crippen LogP contribution in [0.5, 0.6) is 5.75 Å². The average molecular weight is 259 g/mol. The Morgan fingerprint density at radius 1 is 1.24 bits per heavy atom. The quantitative estimate of drug-likeness (QED) is 0.530. The third kappa shape index (κ3) is 5.17. The van der Waals surface area contributed by atoms with Crippen LogP contribution in [0.3, 0.4) is 0 Å². The predicted octanol–water partition coefficient (Wildman–Crippen LogP) is 2.19. The fourth-order valence-electron chi connectivity index (χ4n) is 1.16. The van der Waals surface area contributed by atoms with E-state index in [2.05, 4.69) is 0 Å². The molecule has 0 amide bonds. The van der Waals surface area contributed by atoms with E-state index < -0.39 is 0 Å². The molecule has 94 valence electrons. The minimum Gasteiger partial charge on any atom is -0.490 e. The molecule has 0 atom stereocenters. The fourth-order valence-corrected chi connectivity index (χ4v) is 1.41. The summed E-state index contributed by atoms with van der Waals surface area (Å²) in [5.41, 5.74) is 0.527. The van der Waals surface area contributed by atoms with E-state index in [0.717, 1.165) is 6.29 Å². The molecule has 17 heavy (non-hydrogen) atoms. The molecule has 1 aromatic carbocycles. The molecule has 4 nitrogen and oxygen atoms in total. The van der Waals surface area contributed by atoms with Crippen LogP contribution in [-0.4, -0.2) is 39.8 Å². The van der Waals surface area contributed by atoms with E-state index in [0.29, 0.717) is 42.8 Å². The Labute approximate surface area is 105 Å². The molecule has 0 unspecified atom stereocenters. The summed E-state index contributed by atoms with van der Waals surface area (Å²) in [6.45, 7) is 1.98. The zero-order chi connectivity index (χ0) is 12.5. The van der Waals surface area contributed by atoms with Crippen molar-refractivity contribution in [1.82, 2.24) is 0 Å². The minimum atomic E-state index is 0.407. The average Bonchev–Trinajstić information content (AvgIpc) is 2.35. The molecule has 1 aromatic rings. The van der Waals surface area contributed by atoms with Gasteiger partial charge in [0.1, 0.15) is 18.6 Å². The van der Waals surface area contributed by atoms with Crippen molar-refractivity contribution in [3.63, 3.8) is 0 Å². The maximum atomic E-state index is 10.5. The van der Waals surface area contributed by atoms with Crippen molar-refractivity contribution in [2.24, 2.45) is 0 Å². The van der Waals surface area contributed by atoms with Crippen LogP contribution >= 0.6 is 11.6 Å². The van der Waals surface area contributed by atoms with E-state index in [9.17, 15) is 4.79 Å². The number of methoxy groups -OCH3 is 1. The zero-order valence-electron chi connectivity index (χ0n) is 9.65. The van der Waals surface area contributed by atoms with Gasteiger partial charge >= 0.3 is 0 Å². The molecule has 0 bridgehead atoms. The van der Waals surface area contributed by atoms with Crippen molar-refractivity contribution in [3.8, 4) is 5.75 Å². The van der Waals surface area contributed by atoms with Gasteiger partial charge in [-0.2, -0.15) is 0 Å². The Morgan fingerprint density at radius 3 is 2.65 bits per heavy atom. The summed E-state index contributed by atoms with van der Waals surface area (Å²) in [4.78, 5) is 10.5. The first-order valence-corrected chi connectivity index (χ1v) is 5.60. The second kappa shape index (κ2) is 8.06. The van der Waals surface area contributed by atoms with Crippen molar-refractivity contribution < 1.29 is 19.0 Å². The van der Waals surface area contributed by atoms with E-state index in [1.165, 1.54) is 0 Å². The van der Waals surface area contributed by atoms with E-state index in [1.54, 1.807) is 25.3 Å². The van der Waals surface area contributed by atoms with Crippen LogP contribution in [0, 0.1) is 0 Å². The number of ether oxygens (including phenoxy) is 3. The first-order chi connectivity index (χ1) is 8.27. The van der Waals surface area contributed by atoms with Crippen molar-refractivity contribution >= 4 is 17.9 Å². The van der Waals surface area contributed by atoms with Gasteiger partial charge in [0, 0.05) is 12.7 Å². The van der Waals surface area contributed by atoms with Gasteiger partial charge in [-0.15, -0.1) is 0 Å². The van der Waals surface area contributed by atoms with Crippen molar-refractivity contribution in [1.29, 1.82) is 0 Å². The molecular formula is C12H15ClO4. The molecule has 0 heterocycles. The SMILES string of the molecule is COCCOCCOc1ccc(C=O)cc1Cl. The Bertz CT molecular complexity index is 354. The lowest BCUT2D eigenvalue weighted by Gasteiger charge is -2.08. The topological polar surface area (TPSA) is 44.8 Å². The van der Waals surface area contributed by atoms with E-state index >= 15 is 0 Å². The molecule has 1 rings (SSSR count). The van der Waals surface area contributed by atoms with Gasteiger partial charge in [-0.25, -0.2) is 0 Å². The van der Waals surface area contributed by atoms with Crippen LogP contribution in [0.15, 0.2) is 18.2 Å². The molecular weight excluding hydrogens is 244 g/mol. The van der Waals surface area contributed by atoms with Crippen LogP contribution in [0.2, 0.25) is 5.02 Å². The van der Waals surface area contributed by atoms with Crippen molar-refractivity contribution in [2.75, 3.05) is 33.5 Å². The number of rotatable bonds is 8. The maximum Gasteiger partial charge on any atom is 0.150 e. The second-order valence-electron chi connectivity index (χ2n) is 3.26. The Kier molecular flexibility index (Phi) is 6.62. The highest BCUT2D eigenvalue weighted by atomic mass is 35.5. The summed E-state index contributed by atoms with van der Waals surface area (Å²) in [5.74, 6) is 0.549. The van der Waals surface area contributed by atoms with Gasteiger partial charge in [0.2, 0.25) is 0 Å². The fraction of sp³-hybridized carbons (Fsp3) is 0.417. The molecule has 0 saturated heterocycles. The number of carbonyl (C=O) groups excluding carboxylic acids is 1. The summed E-state index contributed by atoms with van der Waals surface area (Å²) in [5, 5.41) is 0.423. The molecule has 0 aliphatic heterocycles. The first-order valence-electron chi connectivity index (χ1n) is 5.22. The number of hydrogen-bond acceptors (Lipinski definition) is 4. The standard InChI is InChI=1S/C12H15ClO4/c1-15-4-5-16-6-7-17-12-3-2-10(9-14)8-11(12)13/h2-3,8-9H,4-7H2,1H3. The van der Waals surface area contributed by atoms with Gasteiger partial charge in [-0.05, 0) is 18.2 Å². The number of benzene rings is 1. The smallest absolute Gasteiger partial charge is 0.150 e. The van der Waals surface area contributed by atoms with Gasteiger partial charge in [-0.3, -0.25) is 4.79 Å². The first kappa shape index (κ1) is 14.0. The lowest BCUT2D eigenvalue weighted by molar-refractivity contribution is 0.0544. The van der Waals surface area contributed by atoms with Crippen molar-refractivity contribution in [3.05, 3.63) is 28.8 Å². The summed E-state index contributed by atoms with van der Waals surface area (Å²) < 4.78 is 15.5. The molecule has 0 aliphatic carbocycles. The van der Waals surface area contributed by atoms with Crippen LogP contribution in [0.4, 0.5) is 0 Å². The van der Waals surface area contributed by atoms with E-state index in [1.807, 2.05) is 0 Å². The highest BCUT2D eigenvalue weighted by molar-refractivity contribution is 6.32. The Balaban J connectivity index is 2.29. The zero-order valence-corrected chi connectivity index (χ0v) is 10.4. The number of hydrogen-bond donors (Lipinski definition) is 0. The predicted molar refractivity (Wildman–Crippen MR) is 65.0 cm³/mol. The van der Waals surface area contributed by atoms with Gasteiger partial charge in [0.25, 0.3) is 0 Å². The normalized spacial score (nSPS) is 10.2. The van der Waals surface area contributed by atoms with Gasteiger partial charge in [0.05, 0.1) is 24.8 Å². The summed E-state index contributed by atoms with van der Waals surface area (Å²) in [6.07, 6.45) is 0.740. The molecule has 0 aliphatic rings. The lowest BCUT2D eigenvalue weighted by atomic mass is 10.2. The van der Waals surface area contributed by atoms with Crippen LogP contribution < -0.4 is 4.74 Å². The molecule has 0 radical (unpaired) electrons.